The lowest BCUT2D eigenvalue weighted by Crippen LogP contribution is -2.10. The van der Waals surface area contributed by atoms with Crippen LogP contribution in [-0.4, -0.2) is 21.4 Å². The monoisotopic (exact) mass is 335 g/mol. The average Bonchev–Trinajstić information content (AvgIpc) is 2.61. The molecular formula is C18H17N5O2. The first-order valence-corrected chi connectivity index (χ1v) is 7.68. The molecule has 0 saturated heterocycles. The van der Waals surface area contributed by atoms with Crippen molar-refractivity contribution >= 4 is 12.2 Å². The van der Waals surface area contributed by atoms with Gasteiger partial charge in [-0.1, -0.05) is 29.8 Å². The summed E-state index contributed by atoms with van der Waals surface area (Å²) < 4.78 is 5.77. The van der Waals surface area contributed by atoms with Crippen LogP contribution in [0.1, 0.15) is 16.7 Å². The van der Waals surface area contributed by atoms with Gasteiger partial charge in [-0.2, -0.15) is 5.10 Å². The molecule has 0 unspecified atom stereocenters. The quantitative estimate of drug-likeness (QED) is 0.533. The molecule has 0 aliphatic rings. The van der Waals surface area contributed by atoms with E-state index in [1.54, 1.807) is 6.21 Å². The van der Waals surface area contributed by atoms with Crippen LogP contribution in [0.25, 0.3) is 0 Å². The van der Waals surface area contributed by atoms with Gasteiger partial charge in [0.15, 0.2) is 0 Å². The Morgan fingerprint density at radius 2 is 2.08 bits per heavy atom. The van der Waals surface area contributed by atoms with Crippen molar-refractivity contribution in [3.05, 3.63) is 81.8 Å². The molecular weight excluding hydrogens is 318 g/mol. The van der Waals surface area contributed by atoms with E-state index in [4.69, 9.17) is 4.74 Å². The Balaban J connectivity index is 1.54. The van der Waals surface area contributed by atoms with E-state index in [2.05, 4.69) is 44.8 Å². The summed E-state index contributed by atoms with van der Waals surface area (Å²) in [7, 11) is 0. The van der Waals surface area contributed by atoms with Gasteiger partial charge in [-0.05, 0) is 42.3 Å². The molecule has 0 bridgehead atoms. The smallest absolute Gasteiger partial charge is 0.271 e. The normalized spacial score (nSPS) is 10.8. The number of H-pyrrole nitrogens is 1. The lowest BCUT2D eigenvalue weighted by molar-refractivity contribution is 0.306. The van der Waals surface area contributed by atoms with Crippen LogP contribution in [0, 0.1) is 6.92 Å². The molecule has 3 aromatic rings. The summed E-state index contributed by atoms with van der Waals surface area (Å²) >= 11 is 0. The van der Waals surface area contributed by atoms with Crippen molar-refractivity contribution in [2.75, 3.05) is 5.43 Å². The summed E-state index contributed by atoms with van der Waals surface area (Å²) in [6.45, 7) is 2.58. The Bertz CT molecular complexity index is 919. The van der Waals surface area contributed by atoms with E-state index in [0.717, 1.165) is 23.1 Å². The Hall–Kier alpha value is -3.48. The highest BCUT2D eigenvalue weighted by Gasteiger charge is 1.97. The summed E-state index contributed by atoms with van der Waals surface area (Å²) in [4.78, 5) is 13.5. The fourth-order valence-electron chi connectivity index (χ4n) is 2.15. The van der Waals surface area contributed by atoms with E-state index in [9.17, 15) is 4.79 Å². The number of rotatable bonds is 6. The van der Waals surface area contributed by atoms with Crippen molar-refractivity contribution in [2.24, 2.45) is 5.10 Å². The standard InChI is InChI=1S/C18H17N5O2/c1-13-3-2-4-15(9-13)12-25-16-7-5-14(6-8-16)10-19-22-18-21-17(24)11-20-23-18/h2-11H,12H2,1H3,(H2,21,22,23,24)/b19-10+. The van der Waals surface area contributed by atoms with Crippen LogP contribution in [-0.2, 0) is 6.61 Å². The summed E-state index contributed by atoms with van der Waals surface area (Å²) in [6, 6.07) is 15.7. The largest absolute Gasteiger partial charge is 0.489 e. The maximum Gasteiger partial charge on any atom is 0.271 e. The second-order valence-corrected chi connectivity index (χ2v) is 5.40. The average molecular weight is 335 g/mol. The lowest BCUT2D eigenvalue weighted by atomic mass is 10.1. The molecule has 25 heavy (non-hydrogen) atoms. The third-order valence-corrected chi connectivity index (χ3v) is 3.33. The minimum Gasteiger partial charge on any atom is -0.489 e. The molecule has 2 N–H and O–H groups in total. The summed E-state index contributed by atoms with van der Waals surface area (Å²) in [5.74, 6) is 0.965. The molecule has 1 heterocycles. The van der Waals surface area contributed by atoms with Crippen molar-refractivity contribution in [2.45, 2.75) is 13.5 Å². The third kappa shape index (κ3) is 5.00. The lowest BCUT2D eigenvalue weighted by Gasteiger charge is -2.07. The van der Waals surface area contributed by atoms with Crippen molar-refractivity contribution in [3.8, 4) is 5.75 Å². The number of hydrogen-bond donors (Lipinski definition) is 2. The number of hydrazone groups is 1. The third-order valence-electron chi connectivity index (χ3n) is 3.33. The zero-order valence-corrected chi connectivity index (χ0v) is 13.6. The van der Waals surface area contributed by atoms with Gasteiger partial charge < -0.3 is 4.74 Å². The number of aryl methyl sites for hydroxylation is 1. The topological polar surface area (TPSA) is 92.3 Å². The highest BCUT2D eigenvalue weighted by molar-refractivity contribution is 5.80. The van der Waals surface area contributed by atoms with E-state index < -0.39 is 0 Å². The van der Waals surface area contributed by atoms with E-state index >= 15 is 0 Å². The SMILES string of the molecule is Cc1cccc(COc2ccc(/C=N/Nc3nncc(=O)[nH]3)cc2)c1. The number of hydrogen-bond acceptors (Lipinski definition) is 6. The van der Waals surface area contributed by atoms with Crippen molar-refractivity contribution < 1.29 is 4.74 Å². The predicted molar refractivity (Wildman–Crippen MR) is 95.8 cm³/mol. The van der Waals surface area contributed by atoms with Crippen LogP contribution >= 0.6 is 0 Å². The second kappa shape index (κ2) is 7.87. The highest BCUT2D eigenvalue weighted by Crippen LogP contribution is 2.14. The van der Waals surface area contributed by atoms with Gasteiger partial charge in [0, 0.05) is 0 Å². The van der Waals surface area contributed by atoms with Gasteiger partial charge in [-0.25, -0.2) is 5.43 Å². The molecule has 0 amide bonds. The summed E-state index contributed by atoms with van der Waals surface area (Å²) in [5.41, 5.74) is 5.49. The van der Waals surface area contributed by atoms with Gasteiger partial charge in [0.25, 0.3) is 5.56 Å². The number of ether oxygens (including phenoxy) is 1. The molecule has 3 rings (SSSR count). The second-order valence-electron chi connectivity index (χ2n) is 5.40. The molecule has 0 radical (unpaired) electrons. The Labute approximate surface area is 144 Å². The van der Waals surface area contributed by atoms with Gasteiger partial charge >= 0.3 is 0 Å². The molecule has 1 aromatic heterocycles. The van der Waals surface area contributed by atoms with Crippen LogP contribution in [0.15, 0.2) is 64.6 Å². The molecule has 0 atom stereocenters. The Morgan fingerprint density at radius 3 is 2.84 bits per heavy atom. The first-order chi connectivity index (χ1) is 12.2. The molecule has 0 saturated carbocycles. The van der Waals surface area contributed by atoms with Crippen LogP contribution in [0.5, 0.6) is 5.75 Å². The van der Waals surface area contributed by atoms with Crippen molar-refractivity contribution in [1.82, 2.24) is 15.2 Å². The first kappa shape index (κ1) is 16.4. The molecule has 2 aromatic carbocycles. The van der Waals surface area contributed by atoms with Gasteiger partial charge in [0.1, 0.15) is 18.6 Å². The zero-order chi connectivity index (χ0) is 17.5. The van der Waals surface area contributed by atoms with E-state index in [1.807, 2.05) is 36.4 Å². The van der Waals surface area contributed by atoms with Crippen LogP contribution in [0.2, 0.25) is 0 Å². The van der Waals surface area contributed by atoms with Gasteiger partial charge in [0.05, 0.1) is 6.21 Å². The maximum absolute atomic E-state index is 11.1. The summed E-state index contributed by atoms with van der Waals surface area (Å²) in [5, 5.41) is 11.2. The number of aromatic amines is 1. The summed E-state index contributed by atoms with van der Waals surface area (Å²) in [6.07, 6.45) is 2.70. The number of nitrogens with one attached hydrogen (secondary N) is 2. The van der Waals surface area contributed by atoms with Crippen molar-refractivity contribution in [1.29, 1.82) is 0 Å². The van der Waals surface area contributed by atoms with Gasteiger partial charge in [0.2, 0.25) is 5.95 Å². The minimum absolute atomic E-state index is 0.182. The van der Waals surface area contributed by atoms with E-state index in [-0.39, 0.29) is 11.5 Å². The number of aromatic nitrogens is 3. The zero-order valence-electron chi connectivity index (χ0n) is 13.6. The molecule has 7 heteroatoms. The number of benzene rings is 2. The fourth-order valence-corrected chi connectivity index (χ4v) is 2.15. The van der Waals surface area contributed by atoms with E-state index in [1.165, 1.54) is 5.56 Å². The Morgan fingerprint density at radius 1 is 1.24 bits per heavy atom. The van der Waals surface area contributed by atoms with Crippen LogP contribution in [0.4, 0.5) is 5.95 Å². The molecule has 0 aliphatic heterocycles. The Kier molecular flexibility index (Phi) is 5.16. The molecule has 0 aliphatic carbocycles. The molecule has 126 valence electrons. The minimum atomic E-state index is -0.345. The highest BCUT2D eigenvalue weighted by atomic mass is 16.5. The van der Waals surface area contributed by atoms with Crippen molar-refractivity contribution in [3.63, 3.8) is 0 Å². The van der Waals surface area contributed by atoms with Crippen LogP contribution in [0.3, 0.4) is 0 Å². The predicted octanol–water partition coefficient (Wildman–Crippen LogP) is 2.50. The first-order valence-electron chi connectivity index (χ1n) is 7.68. The number of anilines is 1. The van der Waals surface area contributed by atoms with E-state index in [0.29, 0.717) is 6.61 Å². The molecule has 0 spiro atoms. The maximum atomic E-state index is 11.1. The fraction of sp³-hybridized carbons (Fsp3) is 0.111. The molecule has 0 fully saturated rings. The number of nitrogens with zero attached hydrogens (tertiary/aromatic N) is 3. The van der Waals surface area contributed by atoms with Crippen LogP contribution < -0.4 is 15.7 Å². The van der Waals surface area contributed by atoms with Gasteiger partial charge in [-0.3, -0.25) is 9.78 Å². The molecule has 7 nitrogen and oxygen atoms in total. The van der Waals surface area contributed by atoms with Gasteiger partial charge in [-0.15, -0.1) is 10.2 Å².